The summed E-state index contributed by atoms with van der Waals surface area (Å²) < 4.78 is 7.73. The highest BCUT2D eigenvalue weighted by atomic mass is 16.5. The fourth-order valence-corrected chi connectivity index (χ4v) is 2.83. The highest BCUT2D eigenvalue weighted by Crippen LogP contribution is 2.20. The standard InChI is InChI=1S/C20H26N2O3/c1-13(2)9-10-22-14(3)11-17(15(22)4)18(23)12-25-19-8-6-5-7-16(19)20(21)24/h5-8,11,13H,9-10,12H2,1-4H3,(H2,21,24). The number of hydrogen-bond donors (Lipinski definition) is 1. The molecule has 1 amide bonds. The van der Waals surface area contributed by atoms with Gasteiger partial charge >= 0.3 is 0 Å². The van der Waals surface area contributed by atoms with E-state index in [4.69, 9.17) is 10.5 Å². The number of para-hydroxylation sites is 1. The van der Waals surface area contributed by atoms with Crippen molar-refractivity contribution in [2.45, 2.75) is 40.7 Å². The molecular formula is C20H26N2O3. The number of nitrogens with two attached hydrogens (primary N) is 1. The maximum atomic E-state index is 12.6. The van der Waals surface area contributed by atoms with Crippen LogP contribution in [0, 0.1) is 19.8 Å². The lowest BCUT2D eigenvalue weighted by atomic mass is 10.1. The molecule has 0 unspecified atom stereocenters. The number of Topliss-reactive ketones (excluding diaryl/α,β-unsaturated/α-hetero) is 1. The van der Waals surface area contributed by atoms with Gasteiger partial charge in [0.2, 0.25) is 5.78 Å². The van der Waals surface area contributed by atoms with Gasteiger partial charge in [0.05, 0.1) is 5.56 Å². The lowest BCUT2D eigenvalue weighted by molar-refractivity contribution is 0.0911. The number of carbonyl (C=O) groups excluding carboxylic acids is 2. The van der Waals surface area contributed by atoms with Crippen LogP contribution in [0.3, 0.4) is 0 Å². The molecule has 0 saturated carbocycles. The summed E-state index contributed by atoms with van der Waals surface area (Å²) in [5, 5.41) is 0. The van der Waals surface area contributed by atoms with Crippen molar-refractivity contribution in [1.82, 2.24) is 4.57 Å². The molecule has 0 atom stereocenters. The third-order valence-corrected chi connectivity index (χ3v) is 4.32. The number of hydrogen-bond acceptors (Lipinski definition) is 3. The number of rotatable bonds is 8. The molecule has 25 heavy (non-hydrogen) atoms. The SMILES string of the molecule is Cc1cc(C(=O)COc2ccccc2C(N)=O)c(C)n1CCC(C)C. The van der Waals surface area contributed by atoms with Crippen LogP contribution >= 0.6 is 0 Å². The third-order valence-electron chi connectivity index (χ3n) is 4.32. The van der Waals surface area contributed by atoms with E-state index in [1.54, 1.807) is 24.3 Å². The van der Waals surface area contributed by atoms with Crippen molar-refractivity contribution < 1.29 is 14.3 Å². The van der Waals surface area contributed by atoms with Crippen molar-refractivity contribution in [1.29, 1.82) is 0 Å². The molecule has 0 spiro atoms. The maximum Gasteiger partial charge on any atom is 0.252 e. The second kappa shape index (κ2) is 8.01. The summed E-state index contributed by atoms with van der Waals surface area (Å²) in [5.41, 5.74) is 8.29. The zero-order chi connectivity index (χ0) is 18.6. The Morgan fingerprint density at radius 1 is 1.16 bits per heavy atom. The summed E-state index contributed by atoms with van der Waals surface area (Å²) in [6, 6.07) is 8.57. The fourth-order valence-electron chi connectivity index (χ4n) is 2.83. The Balaban J connectivity index is 2.12. The van der Waals surface area contributed by atoms with E-state index in [0.717, 1.165) is 24.4 Å². The first kappa shape index (κ1) is 18.8. The van der Waals surface area contributed by atoms with E-state index < -0.39 is 5.91 Å². The lowest BCUT2D eigenvalue weighted by Gasteiger charge is -2.12. The number of benzene rings is 1. The number of ether oxygens (including phenoxy) is 1. The zero-order valence-corrected chi connectivity index (χ0v) is 15.3. The Morgan fingerprint density at radius 2 is 1.84 bits per heavy atom. The van der Waals surface area contributed by atoms with Crippen LogP contribution in [0.15, 0.2) is 30.3 Å². The largest absolute Gasteiger partial charge is 0.485 e. The van der Waals surface area contributed by atoms with E-state index in [1.807, 2.05) is 19.9 Å². The summed E-state index contributed by atoms with van der Waals surface area (Å²) >= 11 is 0. The van der Waals surface area contributed by atoms with Crippen LogP contribution in [0.4, 0.5) is 0 Å². The van der Waals surface area contributed by atoms with Gasteiger partial charge in [-0.25, -0.2) is 0 Å². The predicted molar refractivity (Wildman–Crippen MR) is 98.1 cm³/mol. The molecule has 0 aliphatic rings. The summed E-state index contributed by atoms with van der Waals surface area (Å²) in [5.74, 6) is 0.254. The van der Waals surface area contributed by atoms with Gasteiger partial charge in [-0.3, -0.25) is 9.59 Å². The van der Waals surface area contributed by atoms with Crippen LogP contribution in [0.25, 0.3) is 0 Å². The molecule has 134 valence electrons. The molecule has 2 rings (SSSR count). The van der Waals surface area contributed by atoms with Crippen LogP contribution in [-0.4, -0.2) is 22.9 Å². The number of amides is 1. The van der Waals surface area contributed by atoms with E-state index in [2.05, 4.69) is 18.4 Å². The first-order chi connectivity index (χ1) is 11.8. The summed E-state index contributed by atoms with van der Waals surface area (Å²) in [6.45, 7) is 9.10. The average Bonchev–Trinajstić information content (AvgIpc) is 2.85. The molecule has 2 aromatic rings. The van der Waals surface area contributed by atoms with Crippen molar-refractivity contribution >= 4 is 11.7 Å². The van der Waals surface area contributed by atoms with Gasteiger partial charge in [0.15, 0.2) is 6.61 Å². The maximum absolute atomic E-state index is 12.6. The molecule has 0 saturated heterocycles. The Kier molecular flexibility index (Phi) is 6.02. The van der Waals surface area contributed by atoms with Crippen LogP contribution in [0.2, 0.25) is 0 Å². The number of primary amides is 1. The van der Waals surface area contributed by atoms with Crippen molar-refractivity contribution in [3.63, 3.8) is 0 Å². The molecule has 2 N–H and O–H groups in total. The highest BCUT2D eigenvalue weighted by molar-refractivity contribution is 5.99. The van der Waals surface area contributed by atoms with Gasteiger partial charge in [-0.1, -0.05) is 26.0 Å². The Morgan fingerprint density at radius 3 is 2.48 bits per heavy atom. The molecule has 1 aromatic carbocycles. The molecule has 0 fully saturated rings. The predicted octanol–water partition coefficient (Wildman–Crippen LogP) is 3.51. The molecule has 0 bridgehead atoms. The van der Waals surface area contributed by atoms with Crippen molar-refractivity contribution in [3.8, 4) is 5.75 Å². The van der Waals surface area contributed by atoms with Gasteiger partial charge in [0.25, 0.3) is 5.91 Å². The van der Waals surface area contributed by atoms with E-state index in [1.165, 1.54) is 0 Å². The number of carbonyl (C=O) groups is 2. The number of aryl methyl sites for hydroxylation is 1. The molecule has 0 aliphatic carbocycles. The second-order valence-electron chi connectivity index (χ2n) is 6.69. The monoisotopic (exact) mass is 342 g/mol. The number of aromatic nitrogens is 1. The van der Waals surface area contributed by atoms with Gasteiger partial charge in [0.1, 0.15) is 5.75 Å². The molecule has 0 aliphatic heterocycles. The molecule has 1 heterocycles. The van der Waals surface area contributed by atoms with Gasteiger partial charge < -0.3 is 15.0 Å². The number of nitrogens with zero attached hydrogens (tertiary/aromatic N) is 1. The normalized spacial score (nSPS) is 10.9. The Hall–Kier alpha value is -2.56. The second-order valence-corrected chi connectivity index (χ2v) is 6.69. The minimum absolute atomic E-state index is 0.108. The highest BCUT2D eigenvalue weighted by Gasteiger charge is 2.17. The lowest BCUT2D eigenvalue weighted by Crippen LogP contribution is -2.17. The van der Waals surface area contributed by atoms with Crippen LogP contribution < -0.4 is 10.5 Å². The topological polar surface area (TPSA) is 74.3 Å². The molecular weight excluding hydrogens is 316 g/mol. The Labute approximate surface area is 148 Å². The van der Waals surface area contributed by atoms with Crippen LogP contribution in [0.1, 0.15) is 52.4 Å². The van der Waals surface area contributed by atoms with E-state index >= 15 is 0 Å². The molecule has 1 aromatic heterocycles. The zero-order valence-electron chi connectivity index (χ0n) is 15.3. The summed E-state index contributed by atoms with van der Waals surface area (Å²) in [6.07, 6.45) is 1.06. The smallest absolute Gasteiger partial charge is 0.252 e. The number of ketones is 1. The van der Waals surface area contributed by atoms with Crippen LogP contribution in [0.5, 0.6) is 5.75 Å². The fraction of sp³-hybridized carbons (Fsp3) is 0.400. The molecule has 0 radical (unpaired) electrons. The minimum atomic E-state index is -0.574. The van der Waals surface area contributed by atoms with Gasteiger partial charge in [-0.05, 0) is 44.4 Å². The first-order valence-electron chi connectivity index (χ1n) is 8.52. The van der Waals surface area contributed by atoms with Gasteiger partial charge in [-0.15, -0.1) is 0 Å². The van der Waals surface area contributed by atoms with E-state index in [-0.39, 0.29) is 18.0 Å². The van der Waals surface area contributed by atoms with E-state index in [0.29, 0.717) is 17.2 Å². The summed E-state index contributed by atoms with van der Waals surface area (Å²) in [7, 11) is 0. The minimum Gasteiger partial charge on any atom is -0.485 e. The quantitative estimate of drug-likeness (QED) is 0.746. The van der Waals surface area contributed by atoms with E-state index in [9.17, 15) is 9.59 Å². The Bertz CT molecular complexity index is 775. The third kappa shape index (κ3) is 4.50. The average molecular weight is 342 g/mol. The van der Waals surface area contributed by atoms with Crippen molar-refractivity contribution in [3.05, 3.63) is 52.8 Å². The van der Waals surface area contributed by atoms with Crippen molar-refractivity contribution in [2.24, 2.45) is 11.7 Å². The summed E-state index contributed by atoms with van der Waals surface area (Å²) in [4.78, 5) is 24.0. The first-order valence-corrected chi connectivity index (χ1v) is 8.52. The van der Waals surface area contributed by atoms with Crippen LogP contribution in [-0.2, 0) is 6.54 Å². The molecule has 5 nitrogen and oxygen atoms in total. The van der Waals surface area contributed by atoms with Gasteiger partial charge in [-0.2, -0.15) is 0 Å². The van der Waals surface area contributed by atoms with Crippen molar-refractivity contribution in [2.75, 3.05) is 6.61 Å². The molecule has 5 heteroatoms. The van der Waals surface area contributed by atoms with Gasteiger partial charge in [0, 0.05) is 23.5 Å².